The van der Waals surface area contributed by atoms with Gasteiger partial charge in [0, 0.05) is 4.70 Å². The van der Waals surface area contributed by atoms with Gasteiger partial charge in [-0.2, -0.15) is 0 Å². The molecule has 106 valence electrons. The predicted molar refractivity (Wildman–Crippen MR) is 78.2 cm³/mol. The fraction of sp³-hybridized carbons (Fsp3) is 0.0625. The molecule has 2 nitrogen and oxygen atoms in total. The number of methoxy groups -OCH3 is 1. The number of thiophene rings is 1. The Labute approximate surface area is 123 Å². The standard InChI is InChI=1S/C16H10F2O2S/c1-20-12-4-2-3-11(15(12)18)16(19)14-8-9-7-10(17)5-6-13(9)21-14/h2-8H,1H3. The van der Waals surface area contributed by atoms with Gasteiger partial charge in [0.1, 0.15) is 5.82 Å². The van der Waals surface area contributed by atoms with E-state index in [2.05, 4.69) is 0 Å². The highest BCUT2D eigenvalue weighted by atomic mass is 32.1. The van der Waals surface area contributed by atoms with Crippen molar-refractivity contribution in [2.45, 2.75) is 0 Å². The monoisotopic (exact) mass is 304 g/mol. The largest absolute Gasteiger partial charge is 0.494 e. The zero-order valence-corrected chi connectivity index (χ0v) is 11.8. The maximum atomic E-state index is 14.1. The summed E-state index contributed by atoms with van der Waals surface area (Å²) in [5, 5.41) is 0.631. The van der Waals surface area contributed by atoms with Crippen LogP contribution >= 0.6 is 11.3 Å². The Morgan fingerprint density at radius 3 is 2.71 bits per heavy atom. The van der Waals surface area contributed by atoms with Crippen molar-refractivity contribution < 1.29 is 18.3 Å². The molecule has 0 saturated carbocycles. The lowest BCUT2D eigenvalue weighted by molar-refractivity contribution is 0.103. The summed E-state index contributed by atoms with van der Waals surface area (Å²) in [6.45, 7) is 0. The van der Waals surface area contributed by atoms with E-state index in [9.17, 15) is 13.6 Å². The zero-order valence-electron chi connectivity index (χ0n) is 11.0. The Morgan fingerprint density at radius 2 is 1.95 bits per heavy atom. The first-order valence-electron chi connectivity index (χ1n) is 6.16. The van der Waals surface area contributed by atoms with Crippen molar-refractivity contribution >= 4 is 27.2 Å². The van der Waals surface area contributed by atoms with Gasteiger partial charge in [-0.3, -0.25) is 4.79 Å². The van der Waals surface area contributed by atoms with E-state index in [1.807, 2.05) is 0 Å². The molecule has 0 radical (unpaired) electrons. The lowest BCUT2D eigenvalue weighted by Crippen LogP contribution is -2.03. The van der Waals surface area contributed by atoms with Gasteiger partial charge in [0.05, 0.1) is 17.6 Å². The van der Waals surface area contributed by atoms with Crippen LogP contribution < -0.4 is 4.74 Å². The Hall–Kier alpha value is -2.27. The number of carbonyl (C=O) groups excluding carboxylic acids is 1. The van der Waals surface area contributed by atoms with Gasteiger partial charge in [-0.1, -0.05) is 6.07 Å². The number of fused-ring (bicyclic) bond motifs is 1. The molecular weight excluding hydrogens is 294 g/mol. The second-order valence-corrected chi connectivity index (χ2v) is 5.53. The number of benzene rings is 2. The van der Waals surface area contributed by atoms with Gasteiger partial charge in [0.25, 0.3) is 0 Å². The third kappa shape index (κ3) is 2.40. The lowest BCUT2D eigenvalue weighted by Gasteiger charge is -2.05. The van der Waals surface area contributed by atoms with E-state index in [0.717, 1.165) is 4.70 Å². The first-order valence-corrected chi connectivity index (χ1v) is 6.98. The minimum absolute atomic E-state index is 0.0213. The van der Waals surface area contributed by atoms with Gasteiger partial charge < -0.3 is 4.74 Å². The number of hydrogen-bond donors (Lipinski definition) is 0. The molecule has 0 unspecified atom stereocenters. The van der Waals surface area contributed by atoms with Crippen molar-refractivity contribution in [3.63, 3.8) is 0 Å². The number of ketones is 1. The molecule has 0 aliphatic heterocycles. The number of ether oxygens (including phenoxy) is 1. The van der Waals surface area contributed by atoms with Crippen LogP contribution in [0.15, 0.2) is 42.5 Å². The summed E-state index contributed by atoms with van der Waals surface area (Å²) in [4.78, 5) is 12.8. The van der Waals surface area contributed by atoms with E-state index >= 15 is 0 Å². The summed E-state index contributed by atoms with van der Waals surface area (Å²) in [5.74, 6) is -1.47. The molecule has 21 heavy (non-hydrogen) atoms. The quantitative estimate of drug-likeness (QED) is 0.670. The van der Waals surface area contributed by atoms with Gasteiger partial charge in [-0.15, -0.1) is 11.3 Å². The van der Waals surface area contributed by atoms with E-state index < -0.39 is 11.6 Å². The van der Waals surface area contributed by atoms with Crippen LogP contribution in [0.1, 0.15) is 15.2 Å². The molecule has 3 rings (SSSR count). The number of carbonyl (C=O) groups is 1. The molecule has 0 N–H and O–H groups in total. The zero-order chi connectivity index (χ0) is 15.0. The van der Waals surface area contributed by atoms with Crippen molar-refractivity contribution in [2.24, 2.45) is 0 Å². The maximum absolute atomic E-state index is 14.1. The fourth-order valence-corrected chi connectivity index (χ4v) is 3.10. The fourth-order valence-electron chi connectivity index (χ4n) is 2.10. The minimum Gasteiger partial charge on any atom is -0.494 e. The van der Waals surface area contributed by atoms with E-state index in [0.29, 0.717) is 10.3 Å². The summed E-state index contributed by atoms with van der Waals surface area (Å²) in [6.07, 6.45) is 0. The van der Waals surface area contributed by atoms with Gasteiger partial charge in [-0.05, 0) is 41.8 Å². The normalized spacial score (nSPS) is 10.8. The molecule has 0 aliphatic rings. The van der Waals surface area contributed by atoms with Crippen molar-refractivity contribution in [3.8, 4) is 5.75 Å². The van der Waals surface area contributed by atoms with Gasteiger partial charge in [-0.25, -0.2) is 8.78 Å². The van der Waals surface area contributed by atoms with E-state index in [4.69, 9.17) is 4.74 Å². The van der Waals surface area contributed by atoms with Crippen molar-refractivity contribution in [2.75, 3.05) is 7.11 Å². The molecule has 3 aromatic rings. The third-order valence-corrected chi connectivity index (χ3v) is 4.24. The molecule has 0 spiro atoms. The molecule has 0 atom stereocenters. The average molecular weight is 304 g/mol. The molecule has 0 bridgehead atoms. The van der Waals surface area contributed by atoms with Crippen molar-refractivity contribution in [3.05, 3.63) is 64.5 Å². The highest BCUT2D eigenvalue weighted by Gasteiger charge is 2.19. The molecule has 1 aromatic heterocycles. The lowest BCUT2D eigenvalue weighted by atomic mass is 10.1. The predicted octanol–water partition coefficient (Wildman–Crippen LogP) is 4.42. The van der Waals surface area contributed by atoms with Crippen LogP contribution in [0, 0.1) is 11.6 Å². The molecule has 0 aliphatic carbocycles. The summed E-state index contributed by atoms with van der Waals surface area (Å²) >= 11 is 1.21. The highest BCUT2D eigenvalue weighted by molar-refractivity contribution is 7.21. The van der Waals surface area contributed by atoms with Crippen LogP contribution in [0.5, 0.6) is 5.75 Å². The second kappa shape index (κ2) is 5.26. The van der Waals surface area contributed by atoms with E-state index in [1.54, 1.807) is 18.2 Å². The van der Waals surface area contributed by atoms with Crippen LogP contribution in [0.2, 0.25) is 0 Å². The van der Waals surface area contributed by atoms with Gasteiger partial charge in [0.2, 0.25) is 5.78 Å². The van der Waals surface area contributed by atoms with Crippen LogP contribution in [-0.4, -0.2) is 12.9 Å². The molecule has 1 heterocycles. The summed E-state index contributed by atoms with van der Waals surface area (Å²) < 4.78 is 33.0. The van der Waals surface area contributed by atoms with Crippen LogP contribution in [0.25, 0.3) is 10.1 Å². The molecular formula is C16H10F2O2S. The molecule has 5 heteroatoms. The van der Waals surface area contributed by atoms with Crippen LogP contribution in [0.4, 0.5) is 8.78 Å². The van der Waals surface area contributed by atoms with Crippen molar-refractivity contribution in [1.82, 2.24) is 0 Å². The minimum atomic E-state index is -0.686. The Morgan fingerprint density at radius 1 is 1.14 bits per heavy atom. The molecule has 0 saturated heterocycles. The number of hydrogen-bond acceptors (Lipinski definition) is 3. The Balaban J connectivity index is 2.08. The molecule has 0 fully saturated rings. The van der Waals surface area contributed by atoms with E-state index in [-0.39, 0.29) is 17.1 Å². The first-order chi connectivity index (χ1) is 10.1. The third-order valence-electron chi connectivity index (χ3n) is 3.13. The summed E-state index contributed by atoms with van der Waals surface area (Å²) in [7, 11) is 1.34. The van der Waals surface area contributed by atoms with Gasteiger partial charge >= 0.3 is 0 Å². The SMILES string of the molecule is COc1cccc(C(=O)c2cc3cc(F)ccc3s2)c1F. The van der Waals surface area contributed by atoms with Crippen LogP contribution in [-0.2, 0) is 0 Å². The highest BCUT2D eigenvalue weighted by Crippen LogP contribution is 2.30. The first kappa shape index (κ1) is 13.7. The Bertz CT molecular complexity index is 839. The number of halogens is 2. The molecule has 0 amide bonds. The van der Waals surface area contributed by atoms with Crippen LogP contribution in [0.3, 0.4) is 0 Å². The van der Waals surface area contributed by atoms with Crippen molar-refractivity contribution in [1.29, 1.82) is 0 Å². The summed E-state index contributed by atoms with van der Waals surface area (Å²) in [6, 6.07) is 10.3. The van der Waals surface area contributed by atoms with Gasteiger partial charge in [0.15, 0.2) is 11.6 Å². The average Bonchev–Trinajstić information content (AvgIpc) is 2.89. The maximum Gasteiger partial charge on any atom is 0.206 e. The smallest absolute Gasteiger partial charge is 0.206 e. The number of rotatable bonds is 3. The second-order valence-electron chi connectivity index (χ2n) is 4.44. The Kier molecular flexibility index (Phi) is 3.43. The van der Waals surface area contributed by atoms with E-state index in [1.165, 1.54) is 42.7 Å². The topological polar surface area (TPSA) is 26.3 Å². The molecule has 2 aromatic carbocycles. The summed E-state index contributed by atoms with van der Waals surface area (Å²) in [5.41, 5.74) is -0.0543.